The molecule has 0 unspecified atom stereocenters. The minimum Gasteiger partial charge on any atom is -0.440 e. The van der Waals surface area contributed by atoms with Crippen molar-refractivity contribution in [1.29, 1.82) is 0 Å². The first-order valence-electron chi connectivity index (χ1n) is 8.22. The molecule has 4 aliphatic heterocycles. The first kappa shape index (κ1) is 14.5. The predicted octanol–water partition coefficient (Wildman–Crippen LogP) is 1.79. The fourth-order valence-electron chi connectivity index (χ4n) is 4.19. The van der Waals surface area contributed by atoms with Crippen molar-refractivity contribution in [2.45, 2.75) is 18.9 Å². The second-order valence-electron chi connectivity index (χ2n) is 6.64. The number of nitrogens with zero attached hydrogens (tertiary/aromatic N) is 3. The number of hydrogen-bond donors (Lipinski definition) is 0. The van der Waals surface area contributed by atoms with Crippen LogP contribution in [0.25, 0.3) is 0 Å². The van der Waals surface area contributed by atoms with E-state index in [1.165, 1.54) is 32.5 Å². The molecule has 5 heterocycles. The Labute approximate surface area is 135 Å². The summed E-state index contributed by atoms with van der Waals surface area (Å²) in [5.74, 6) is 1.16. The summed E-state index contributed by atoms with van der Waals surface area (Å²) < 4.78 is 5.24. The number of amides is 1. The SMILES string of the molecule is O=C(c1ccc(Cl)o1)N1CCN([C@@H]2CN3CCC2CC3)CC1. The molecule has 1 aromatic rings. The van der Waals surface area contributed by atoms with Crippen molar-refractivity contribution in [3.63, 3.8) is 0 Å². The summed E-state index contributed by atoms with van der Waals surface area (Å²) in [7, 11) is 0. The van der Waals surface area contributed by atoms with Crippen LogP contribution in [-0.4, -0.2) is 72.5 Å². The Morgan fingerprint density at radius 1 is 1.09 bits per heavy atom. The maximum absolute atomic E-state index is 12.4. The van der Waals surface area contributed by atoms with Crippen LogP contribution in [0.3, 0.4) is 0 Å². The Balaban J connectivity index is 1.35. The highest BCUT2D eigenvalue weighted by molar-refractivity contribution is 6.29. The van der Waals surface area contributed by atoms with Gasteiger partial charge in [-0.25, -0.2) is 0 Å². The molecule has 5 nitrogen and oxygen atoms in total. The lowest BCUT2D eigenvalue weighted by atomic mass is 9.83. The average molecular weight is 324 g/mol. The maximum Gasteiger partial charge on any atom is 0.289 e. The van der Waals surface area contributed by atoms with Gasteiger partial charge in [-0.2, -0.15) is 0 Å². The van der Waals surface area contributed by atoms with E-state index >= 15 is 0 Å². The van der Waals surface area contributed by atoms with Gasteiger partial charge in [0, 0.05) is 38.8 Å². The van der Waals surface area contributed by atoms with E-state index in [1.807, 2.05) is 4.90 Å². The van der Waals surface area contributed by atoms with E-state index in [4.69, 9.17) is 16.0 Å². The van der Waals surface area contributed by atoms with E-state index in [0.717, 1.165) is 32.1 Å². The lowest BCUT2D eigenvalue weighted by molar-refractivity contribution is -0.0135. The van der Waals surface area contributed by atoms with Gasteiger partial charge in [0.25, 0.3) is 5.91 Å². The molecule has 4 saturated heterocycles. The third-order valence-corrected chi connectivity index (χ3v) is 5.68. The highest BCUT2D eigenvalue weighted by Gasteiger charge is 2.38. The number of furan rings is 1. The van der Waals surface area contributed by atoms with E-state index in [-0.39, 0.29) is 11.1 Å². The van der Waals surface area contributed by atoms with Crippen LogP contribution in [0, 0.1) is 5.92 Å². The zero-order valence-corrected chi connectivity index (χ0v) is 13.5. The van der Waals surface area contributed by atoms with Gasteiger partial charge in [0.15, 0.2) is 11.0 Å². The van der Waals surface area contributed by atoms with Crippen LogP contribution >= 0.6 is 11.6 Å². The number of hydrogen-bond acceptors (Lipinski definition) is 4. The highest BCUT2D eigenvalue weighted by Crippen LogP contribution is 2.31. The number of rotatable bonds is 2. The summed E-state index contributed by atoms with van der Waals surface area (Å²) in [5.41, 5.74) is 0. The molecule has 4 fully saturated rings. The van der Waals surface area contributed by atoms with Crippen molar-refractivity contribution < 1.29 is 9.21 Å². The van der Waals surface area contributed by atoms with Crippen LogP contribution in [0.1, 0.15) is 23.4 Å². The zero-order valence-electron chi connectivity index (χ0n) is 12.7. The molecule has 5 rings (SSSR count). The molecule has 6 heteroatoms. The Morgan fingerprint density at radius 2 is 1.82 bits per heavy atom. The molecule has 0 aromatic carbocycles. The molecule has 1 aromatic heterocycles. The van der Waals surface area contributed by atoms with Gasteiger partial charge in [-0.1, -0.05) is 0 Å². The van der Waals surface area contributed by atoms with Crippen molar-refractivity contribution >= 4 is 17.5 Å². The van der Waals surface area contributed by atoms with Gasteiger partial charge in [-0.3, -0.25) is 9.69 Å². The molecule has 2 bridgehead atoms. The normalized spacial score (nSPS) is 32.4. The quantitative estimate of drug-likeness (QED) is 0.832. The second kappa shape index (κ2) is 5.87. The molecule has 0 saturated carbocycles. The smallest absolute Gasteiger partial charge is 0.289 e. The van der Waals surface area contributed by atoms with Crippen LogP contribution in [0.4, 0.5) is 0 Å². The molecule has 0 spiro atoms. The highest BCUT2D eigenvalue weighted by atomic mass is 35.5. The molecule has 0 aliphatic carbocycles. The number of carbonyl (C=O) groups is 1. The Kier molecular flexibility index (Phi) is 3.88. The Hall–Kier alpha value is -1.04. The van der Waals surface area contributed by atoms with Gasteiger partial charge in [0.2, 0.25) is 0 Å². The minimum atomic E-state index is -0.0412. The van der Waals surface area contributed by atoms with Gasteiger partial charge in [0.1, 0.15) is 0 Å². The van der Waals surface area contributed by atoms with Crippen molar-refractivity contribution in [2.75, 3.05) is 45.8 Å². The van der Waals surface area contributed by atoms with Crippen molar-refractivity contribution in [3.05, 3.63) is 23.1 Å². The fraction of sp³-hybridized carbons (Fsp3) is 0.688. The number of piperidine rings is 3. The van der Waals surface area contributed by atoms with Gasteiger partial charge >= 0.3 is 0 Å². The van der Waals surface area contributed by atoms with Crippen LogP contribution in [0.15, 0.2) is 16.5 Å². The van der Waals surface area contributed by atoms with Crippen LogP contribution in [0.2, 0.25) is 5.22 Å². The van der Waals surface area contributed by atoms with Crippen LogP contribution in [-0.2, 0) is 0 Å². The number of halogens is 1. The summed E-state index contributed by atoms with van der Waals surface area (Å²) in [6, 6.07) is 3.97. The number of carbonyl (C=O) groups excluding carboxylic acids is 1. The fourth-order valence-corrected chi connectivity index (χ4v) is 4.34. The van der Waals surface area contributed by atoms with Crippen LogP contribution in [0.5, 0.6) is 0 Å². The lowest BCUT2D eigenvalue weighted by Crippen LogP contribution is -2.61. The monoisotopic (exact) mass is 323 g/mol. The molecule has 4 aliphatic rings. The van der Waals surface area contributed by atoms with E-state index in [9.17, 15) is 4.79 Å². The molecule has 120 valence electrons. The molecule has 0 N–H and O–H groups in total. The zero-order chi connectivity index (χ0) is 15.1. The molecule has 1 amide bonds. The largest absolute Gasteiger partial charge is 0.440 e. The first-order valence-corrected chi connectivity index (χ1v) is 8.59. The third kappa shape index (κ3) is 2.66. The lowest BCUT2D eigenvalue weighted by Gasteiger charge is -2.50. The molecule has 0 radical (unpaired) electrons. The van der Waals surface area contributed by atoms with Gasteiger partial charge in [-0.05, 0) is 55.6 Å². The molecular formula is C16H22ClN3O2. The summed E-state index contributed by atoms with van der Waals surface area (Å²) >= 11 is 5.75. The summed E-state index contributed by atoms with van der Waals surface area (Å²) in [6.45, 7) is 7.26. The van der Waals surface area contributed by atoms with Crippen molar-refractivity contribution in [2.24, 2.45) is 5.92 Å². The predicted molar refractivity (Wildman–Crippen MR) is 84.1 cm³/mol. The van der Waals surface area contributed by atoms with Crippen molar-refractivity contribution in [3.8, 4) is 0 Å². The van der Waals surface area contributed by atoms with E-state index in [1.54, 1.807) is 12.1 Å². The number of fused-ring (bicyclic) bond motifs is 3. The summed E-state index contributed by atoms with van der Waals surface area (Å²) in [5, 5.41) is 0.272. The summed E-state index contributed by atoms with van der Waals surface area (Å²) in [4.78, 5) is 19.4. The Morgan fingerprint density at radius 3 is 2.36 bits per heavy atom. The standard InChI is InChI=1S/C16H22ClN3O2/c17-15-2-1-14(22-15)16(21)20-9-7-19(8-10-20)13-11-18-5-3-12(13)4-6-18/h1-2,12-13H,3-11H2/t13-/m1/s1. The van der Waals surface area contributed by atoms with Crippen LogP contribution < -0.4 is 0 Å². The second-order valence-corrected chi connectivity index (χ2v) is 7.01. The third-order valence-electron chi connectivity index (χ3n) is 5.48. The van der Waals surface area contributed by atoms with Gasteiger partial charge < -0.3 is 14.2 Å². The first-order chi connectivity index (χ1) is 10.7. The number of piperazine rings is 1. The van der Waals surface area contributed by atoms with Gasteiger partial charge in [-0.15, -0.1) is 0 Å². The van der Waals surface area contributed by atoms with Crippen molar-refractivity contribution in [1.82, 2.24) is 14.7 Å². The Bertz CT molecular complexity index is 545. The summed E-state index contributed by atoms with van der Waals surface area (Å²) in [6.07, 6.45) is 2.68. The topological polar surface area (TPSA) is 39.9 Å². The molecule has 22 heavy (non-hydrogen) atoms. The maximum atomic E-state index is 12.4. The van der Waals surface area contributed by atoms with E-state index < -0.39 is 0 Å². The average Bonchev–Trinajstić information content (AvgIpc) is 3.02. The molecular weight excluding hydrogens is 302 g/mol. The van der Waals surface area contributed by atoms with Gasteiger partial charge in [0.05, 0.1) is 0 Å². The minimum absolute atomic E-state index is 0.0412. The molecule has 1 atom stereocenters. The van der Waals surface area contributed by atoms with E-state index in [0.29, 0.717) is 11.8 Å². The van der Waals surface area contributed by atoms with E-state index in [2.05, 4.69) is 9.80 Å².